The maximum absolute atomic E-state index is 12.3. The Labute approximate surface area is 135 Å². The Bertz CT molecular complexity index is 314. The van der Waals surface area contributed by atoms with Crippen LogP contribution in [0.2, 0.25) is 0 Å². The minimum absolute atomic E-state index is 0.0170. The lowest BCUT2D eigenvalue weighted by Crippen LogP contribution is -2.45. The summed E-state index contributed by atoms with van der Waals surface area (Å²) in [6, 6.07) is 0.0170. The van der Waals surface area contributed by atoms with Gasteiger partial charge >= 0.3 is 11.9 Å². The Hall–Kier alpha value is -1.10. The van der Waals surface area contributed by atoms with Crippen molar-refractivity contribution in [1.29, 1.82) is 0 Å². The maximum Gasteiger partial charge on any atom is 0.311 e. The zero-order valence-corrected chi connectivity index (χ0v) is 14.9. The van der Waals surface area contributed by atoms with E-state index in [4.69, 9.17) is 9.47 Å². The van der Waals surface area contributed by atoms with Crippen molar-refractivity contribution in [2.45, 2.75) is 66.3 Å². The molecular weight excluding hydrogens is 282 g/mol. The van der Waals surface area contributed by atoms with Crippen molar-refractivity contribution in [2.24, 2.45) is 5.92 Å². The lowest BCUT2D eigenvalue weighted by atomic mass is 9.92. The smallest absolute Gasteiger partial charge is 0.311 e. The minimum atomic E-state index is -0.456. The molecule has 0 aromatic rings. The van der Waals surface area contributed by atoms with Crippen LogP contribution < -0.4 is 0 Å². The molecule has 2 unspecified atom stereocenters. The van der Waals surface area contributed by atoms with Crippen LogP contribution in [-0.2, 0) is 19.1 Å². The molecule has 0 bridgehead atoms. The third kappa shape index (κ3) is 7.25. The van der Waals surface area contributed by atoms with Gasteiger partial charge in [-0.25, -0.2) is 0 Å². The summed E-state index contributed by atoms with van der Waals surface area (Å²) >= 11 is 0. The SMILES string of the molecule is CCCN(CCC)C(CC)C(CC(=O)OCC)C(=O)OCC. The van der Waals surface area contributed by atoms with Crippen LogP contribution in [0.4, 0.5) is 0 Å². The molecule has 0 aliphatic carbocycles. The van der Waals surface area contributed by atoms with Gasteiger partial charge < -0.3 is 9.47 Å². The highest BCUT2D eigenvalue weighted by Gasteiger charge is 2.34. The second kappa shape index (κ2) is 12.4. The summed E-state index contributed by atoms with van der Waals surface area (Å²) < 4.78 is 10.2. The normalized spacial score (nSPS) is 13.7. The lowest BCUT2D eigenvalue weighted by molar-refractivity contribution is -0.157. The first-order chi connectivity index (χ1) is 10.5. The molecule has 0 rings (SSSR count). The van der Waals surface area contributed by atoms with E-state index in [2.05, 4.69) is 25.7 Å². The molecule has 0 amide bonds. The summed E-state index contributed by atoms with van der Waals surface area (Å²) in [7, 11) is 0. The quantitative estimate of drug-likeness (QED) is 0.518. The van der Waals surface area contributed by atoms with Crippen LogP contribution in [0, 0.1) is 5.92 Å². The Kier molecular flexibility index (Phi) is 11.8. The molecule has 130 valence electrons. The second-order valence-electron chi connectivity index (χ2n) is 5.38. The van der Waals surface area contributed by atoms with E-state index in [1.807, 2.05) is 0 Å². The molecule has 0 aliphatic rings. The molecule has 0 saturated heterocycles. The first-order valence-electron chi connectivity index (χ1n) is 8.61. The number of esters is 2. The zero-order chi connectivity index (χ0) is 17.0. The summed E-state index contributed by atoms with van der Waals surface area (Å²) in [6.07, 6.45) is 2.94. The molecule has 5 nitrogen and oxygen atoms in total. The predicted octanol–water partition coefficient (Wildman–Crippen LogP) is 3.02. The Morgan fingerprint density at radius 1 is 0.909 bits per heavy atom. The molecule has 0 aromatic carbocycles. The van der Waals surface area contributed by atoms with Gasteiger partial charge in [0.15, 0.2) is 0 Å². The van der Waals surface area contributed by atoms with E-state index in [1.165, 1.54) is 0 Å². The fourth-order valence-electron chi connectivity index (χ4n) is 2.84. The van der Waals surface area contributed by atoms with Gasteiger partial charge in [0.25, 0.3) is 0 Å². The van der Waals surface area contributed by atoms with Gasteiger partial charge in [-0.1, -0.05) is 20.8 Å². The van der Waals surface area contributed by atoms with Gasteiger partial charge in [0.1, 0.15) is 0 Å². The molecule has 0 spiro atoms. The fourth-order valence-corrected chi connectivity index (χ4v) is 2.84. The van der Waals surface area contributed by atoms with Gasteiger partial charge in [0.2, 0.25) is 0 Å². The first kappa shape index (κ1) is 20.9. The molecule has 0 saturated carbocycles. The standard InChI is InChI=1S/C17H33NO4/c1-6-11-18(12-7-2)15(8-3)14(17(20)22-10-5)13-16(19)21-9-4/h14-15H,6-13H2,1-5H3. The average molecular weight is 315 g/mol. The number of hydrogen-bond acceptors (Lipinski definition) is 5. The highest BCUT2D eigenvalue weighted by atomic mass is 16.5. The van der Waals surface area contributed by atoms with Gasteiger partial charge in [-0.2, -0.15) is 0 Å². The van der Waals surface area contributed by atoms with E-state index < -0.39 is 5.92 Å². The van der Waals surface area contributed by atoms with Gasteiger partial charge in [0, 0.05) is 6.04 Å². The Morgan fingerprint density at radius 2 is 1.45 bits per heavy atom. The topological polar surface area (TPSA) is 55.8 Å². The van der Waals surface area contributed by atoms with Crippen molar-refractivity contribution in [2.75, 3.05) is 26.3 Å². The monoisotopic (exact) mass is 315 g/mol. The number of hydrogen-bond donors (Lipinski definition) is 0. The van der Waals surface area contributed by atoms with Crippen LogP contribution in [0.15, 0.2) is 0 Å². The molecule has 0 aromatic heterocycles. The highest BCUT2D eigenvalue weighted by molar-refractivity contribution is 5.80. The van der Waals surface area contributed by atoms with Crippen LogP contribution in [0.5, 0.6) is 0 Å². The van der Waals surface area contributed by atoms with Crippen LogP contribution in [-0.4, -0.2) is 49.2 Å². The molecule has 5 heteroatoms. The van der Waals surface area contributed by atoms with Crippen molar-refractivity contribution in [1.82, 2.24) is 4.90 Å². The first-order valence-corrected chi connectivity index (χ1v) is 8.61. The summed E-state index contributed by atoms with van der Waals surface area (Å²) in [5.74, 6) is -1.08. The van der Waals surface area contributed by atoms with Crippen molar-refractivity contribution in [3.63, 3.8) is 0 Å². The minimum Gasteiger partial charge on any atom is -0.466 e. The molecule has 0 radical (unpaired) electrons. The average Bonchev–Trinajstić information content (AvgIpc) is 2.48. The molecule has 0 heterocycles. The van der Waals surface area contributed by atoms with Gasteiger partial charge in [0.05, 0.1) is 25.6 Å². The summed E-state index contributed by atoms with van der Waals surface area (Å²) in [5.41, 5.74) is 0. The summed E-state index contributed by atoms with van der Waals surface area (Å²) in [5, 5.41) is 0. The molecule has 2 atom stereocenters. The van der Waals surface area contributed by atoms with E-state index in [0.29, 0.717) is 13.2 Å². The number of ether oxygens (including phenoxy) is 2. The Balaban J connectivity index is 5.18. The van der Waals surface area contributed by atoms with Gasteiger partial charge in [-0.05, 0) is 46.2 Å². The highest BCUT2D eigenvalue weighted by Crippen LogP contribution is 2.22. The molecule has 0 aliphatic heterocycles. The number of rotatable bonds is 12. The van der Waals surface area contributed by atoms with Crippen LogP contribution in [0.3, 0.4) is 0 Å². The number of carbonyl (C=O) groups is 2. The molecular formula is C17H33NO4. The third-order valence-corrected chi connectivity index (χ3v) is 3.65. The van der Waals surface area contributed by atoms with E-state index in [9.17, 15) is 9.59 Å². The van der Waals surface area contributed by atoms with Crippen molar-refractivity contribution < 1.29 is 19.1 Å². The second-order valence-corrected chi connectivity index (χ2v) is 5.38. The zero-order valence-electron chi connectivity index (χ0n) is 14.9. The van der Waals surface area contributed by atoms with Gasteiger partial charge in [-0.15, -0.1) is 0 Å². The largest absolute Gasteiger partial charge is 0.466 e. The number of carbonyl (C=O) groups excluding carboxylic acids is 2. The Morgan fingerprint density at radius 3 is 1.86 bits per heavy atom. The van der Waals surface area contributed by atoms with Crippen LogP contribution >= 0.6 is 0 Å². The predicted molar refractivity (Wildman–Crippen MR) is 87.6 cm³/mol. The summed E-state index contributed by atoms with van der Waals surface area (Å²) in [6.45, 7) is 12.4. The van der Waals surface area contributed by atoms with Crippen molar-refractivity contribution in [3.05, 3.63) is 0 Å². The van der Waals surface area contributed by atoms with Gasteiger partial charge in [-0.3, -0.25) is 14.5 Å². The molecule has 0 N–H and O–H groups in total. The summed E-state index contributed by atoms with van der Waals surface area (Å²) in [4.78, 5) is 26.5. The van der Waals surface area contributed by atoms with Crippen LogP contribution in [0.1, 0.15) is 60.3 Å². The third-order valence-electron chi connectivity index (χ3n) is 3.65. The number of nitrogens with zero attached hydrogens (tertiary/aromatic N) is 1. The molecule has 0 fully saturated rings. The fraction of sp³-hybridized carbons (Fsp3) is 0.882. The van der Waals surface area contributed by atoms with E-state index in [-0.39, 0.29) is 24.4 Å². The molecule has 22 heavy (non-hydrogen) atoms. The van der Waals surface area contributed by atoms with E-state index >= 15 is 0 Å². The van der Waals surface area contributed by atoms with Crippen LogP contribution in [0.25, 0.3) is 0 Å². The van der Waals surface area contributed by atoms with Crippen molar-refractivity contribution >= 4 is 11.9 Å². The van der Waals surface area contributed by atoms with E-state index in [0.717, 1.165) is 32.4 Å². The maximum atomic E-state index is 12.3. The van der Waals surface area contributed by atoms with E-state index in [1.54, 1.807) is 13.8 Å². The van der Waals surface area contributed by atoms with Crippen molar-refractivity contribution in [3.8, 4) is 0 Å². The lowest BCUT2D eigenvalue weighted by Gasteiger charge is -2.35.